The topological polar surface area (TPSA) is 96.9 Å². The molecule has 1 aromatic rings. The molecule has 0 aliphatic carbocycles. The summed E-state index contributed by atoms with van der Waals surface area (Å²) in [6, 6.07) is 6.62. The number of anilines is 1. The summed E-state index contributed by atoms with van der Waals surface area (Å²) >= 11 is 0. The Bertz CT molecular complexity index is 520. The molecule has 21 heavy (non-hydrogen) atoms. The quantitative estimate of drug-likeness (QED) is 0.699. The lowest BCUT2D eigenvalue weighted by molar-refractivity contribution is -0.139. The number of amides is 1. The Balaban J connectivity index is 1.97. The van der Waals surface area contributed by atoms with E-state index in [1.165, 1.54) is 0 Å². The van der Waals surface area contributed by atoms with Crippen molar-refractivity contribution in [1.82, 2.24) is 5.32 Å². The van der Waals surface area contributed by atoms with Gasteiger partial charge in [0, 0.05) is 17.8 Å². The number of aliphatic carboxylic acids is 1. The third-order valence-corrected chi connectivity index (χ3v) is 3.25. The SMILES string of the molecule is CNC1COCC1C(=O)Nc1cccc(OCC(=O)O)c1. The number of hydrogen-bond acceptors (Lipinski definition) is 5. The number of carboxylic acids is 1. The summed E-state index contributed by atoms with van der Waals surface area (Å²) in [5, 5.41) is 14.4. The number of carbonyl (C=O) groups excluding carboxylic acids is 1. The minimum absolute atomic E-state index is 0.00329. The second kappa shape index (κ2) is 7.05. The molecule has 1 fully saturated rings. The highest BCUT2D eigenvalue weighted by molar-refractivity contribution is 5.93. The van der Waals surface area contributed by atoms with Crippen molar-refractivity contribution < 1.29 is 24.2 Å². The van der Waals surface area contributed by atoms with Crippen LogP contribution in [0.3, 0.4) is 0 Å². The molecule has 0 radical (unpaired) electrons. The summed E-state index contributed by atoms with van der Waals surface area (Å²) in [5.74, 6) is -1.05. The largest absolute Gasteiger partial charge is 0.482 e. The molecule has 1 heterocycles. The van der Waals surface area contributed by atoms with Gasteiger partial charge in [0.1, 0.15) is 5.75 Å². The van der Waals surface area contributed by atoms with Crippen molar-refractivity contribution in [3.63, 3.8) is 0 Å². The van der Waals surface area contributed by atoms with Crippen LogP contribution in [0.4, 0.5) is 5.69 Å². The first-order valence-corrected chi connectivity index (χ1v) is 6.60. The van der Waals surface area contributed by atoms with Gasteiger partial charge in [0.05, 0.1) is 19.1 Å². The molecule has 114 valence electrons. The Morgan fingerprint density at radius 2 is 2.24 bits per heavy atom. The van der Waals surface area contributed by atoms with Gasteiger partial charge in [-0.25, -0.2) is 4.79 Å². The zero-order valence-corrected chi connectivity index (χ0v) is 11.7. The van der Waals surface area contributed by atoms with Crippen molar-refractivity contribution in [3.8, 4) is 5.75 Å². The average molecular weight is 294 g/mol. The Morgan fingerprint density at radius 1 is 1.43 bits per heavy atom. The van der Waals surface area contributed by atoms with Crippen LogP contribution in [0.15, 0.2) is 24.3 Å². The summed E-state index contributed by atoms with van der Waals surface area (Å²) in [6.07, 6.45) is 0. The highest BCUT2D eigenvalue weighted by Gasteiger charge is 2.32. The highest BCUT2D eigenvalue weighted by atomic mass is 16.5. The molecule has 3 N–H and O–H groups in total. The van der Waals surface area contributed by atoms with Crippen molar-refractivity contribution in [3.05, 3.63) is 24.3 Å². The molecule has 7 heteroatoms. The van der Waals surface area contributed by atoms with Crippen LogP contribution >= 0.6 is 0 Å². The van der Waals surface area contributed by atoms with E-state index in [1.54, 1.807) is 31.3 Å². The molecule has 2 unspecified atom stereocenters. The van der Waals surface area contributed by atoms with E-state index in [1.807, 2.05) is 0 Å². The number of ether oxygens (including phenoxy) is 2. The van der Waals surface area contributed by atoms with Crippen molar-refractivity contribution >= 4 is 17.6 Å². The molecule has 1 aliphatic heterocycles. The number of carboxylic acid groups (broad SMARTS) is 1. The lowest BCUT2D eigenvalue weighted by Gasteiger charge is -2.16. The molecule has 1 aliphatic rings. The Hall–Kier alpha value is -2.12. The predicted octanol–water partition coefficient (Wildman–Crippen LogP) is 0.323. The molecule has 7 nitrogen and oxygen atoms in total. The monoisotopic (exact) mass is 294 g/mol. The van der Waals surface area contributed by atoms with Gasteiger partial charge in [-0.2, -0.15) is 0 Å². The standard InChI is InChI=1S/C14H18N2O5/c1-15-12-7-20-6-11(12)14(19)16-9-3-2-4-10(5-9)21-8-13(17)18/h2-5,11-12,15H,6-8H2,1H3,(H,16,19)(H,17,18). The van der Waals surface area contributed by atoms with Crippen LogP contribution in [0.5, 0.6) is 5.75 Å². The molecule has 1 saturated heterocycles. The van der Waals surface area contributed by atoms with Gasteiger partial charge in [-0.05, 0) is 19.2 Å². The van der Waals surface area contributed by atoms with Gasteiger partial charge in [0.15, 0.2) is 6.61 Å². The second-order valence-electron chi connectivity index (χ2n) is 4.74. The lowest BCUT2D eigenvalue weighted by atomic mass is 10.0. The van der Waals surface area contributed by atoms with Crippen LogP contribution in [0.2, 0.25) is 0 Å². The fraction of sp³-hybridized carbons (Fsp3) is 0.429. The lowest BCUT2D eigenvalue weighted by Crippen LogP contribution is -2.39. The Morgan fingerprint density at radius 3 is 2.95 bits per heavy atom. The van der Waals surface area contributed by atoms with E-state index in [0.717, 1.165) is 0 Å². The maximum absolute atomic E-state index is 12.2. The molecule has 1 aromatic carbocycles. The molecule has 0 saturated carbocycles. The maximum atomic E-state index is 12.2. The van der Waals surface area contributed by atoms with Crippen LogP contribution in [-0.4, -0.2) is 49.9 Å². The molecular formula is C14H18N2O5. The summed E-state index contributed by atoms with van der Waals surface area (Å²) < 4.78 is 10.4. The van der Waals surface area contributed by atoms with Crippen LogP contribution < -0.4 is 15.4 Å². The third kappa shape index (κ3) is 4.17. The van der Waals surface area contributed by atoms with Gasteiger partial charge >= 0.3 is 5.97 Å². The summed E-state index contributed by atoms with van der Waals surface area (Å²) in [5.41, 5.74) is 0.560. The molecule has 0 aromatic heterocycles. The summed E-state index contributed by atoms with van der Waals surface area (Å²) in [7, 11) is 1.79. The number of carbonyl (C=O) groups is 2. The van der Waals surface area contributed by atoms with Gasteiger partial charge in [0.25, 0.3) is 0 Å². The maximum Gasteiger partial charge on any atom is 0.341 e. The fourth-order valence-electron chi connectivity index (χ4n) is 2.14. The number of rotatable bonds is 6. The average Bonchev–Trinajstić information content (AvgIpc) is 2.94. The smallest absolute Gasteiger partial charge is 0.341 e. The van der Waals surface area contributed by atoms with E-state index in [-0.39, 0.29) is 17.9 Å². The Labute approximate surface area is 122 Å². The second-order valence-corrected chi connectivity index (χ2v) is 4.74. The van der Waals surface area contributed by atoms with E-state index in [4.69, 9.17) is 14.6 Å². The zero-order chi connectivity index (χ0) is 15.2. The highest BCUT2D eigenvalue weighted by Crippen LogP contribution is 2.20. The third-order valence-electron chi connectivity index (χ3n) is 3.25. The van der Waals surface area contributed by atoms with E-state index >= 15 is 0 Å². The van der Waals surface area contributed by atoms with E-state index in [0.29, 0.717) is 24.7 Å². The van der Waals surface area contributed by atoms with Crippen LogP contribution in [0, 0.1) is 5.92 Å². The summed E-state index contributed by atoms with van der Waals surface area (Å²) in [4.78, 5) is 22.7. The zero-order valence-electron chi connectivity index (χ0n) is 11.7. The molecule has 2 atom stereocenters. The predicted molar refractivity (Wildman–Crippen MR) is 75.4 cm³/mol. The Kier molecular flexibility index (Phi) is 5.13. The van der Waals surface area contributed by atoms with Crippen molar-refractivity contribution in [2.24, 2.45) is 5.92 Å². The van der Waals surface area contributed by atoms with Gasteiger partial charge in [-0.15, -0.1) is 0 Å². The summed E-state index contributed by atoms with van der Waals surface area (Å²) in [6.45, 7) is 0.471. The first-order valence-electron chi connectivity index (χ1n) is 6.60. The minimum Gasteiger partial charge on any atom is -0.482 e. The molecular weight excluding hydrogens is 276 g/mol. The van der Waals surface area contributed by atoms with Crippen LogP contribution in [-0.2, 0) is 14.3 Å². The number of hydrogen-bond donors (Lipinski definition) is 3. The van der Waals surface area contributed by atoms with Crippen LogP contribution in [0.1, 0.15) is 0 Å². The van der Waals surface area contributed by atoms with Gasteiger partial charge in [-0.3, -0.25) is 4.79 Å². The van der Waals surface area contributed by atoms with Gasteiger partial charge in [0.2, 0.25) is 5.91 Å². The van der Waals surface area contributed by atoms with Gasteiger partial charge in [-0.1, -0.05) is 6.07 Å². The molecule has 0 bridgehead atoms. The van der Waals surface area contributed by atoms with Crippen molar-refractivity contribution in [2.75, 3.05) is 32.2 Å². The van der Waals surface area contributed by atoms with E-state index < -0.39 is 12.6 Å². The van der Waals surface area contributed by atoms with E-state index in [9.17, 15) is 9.59 Å². The fourth-order valence-corrected chi connectivity index (χ4v) is 2.14. The van der Waals surface area contributed by atoms with E-state index in [2.05, 4.69) is 10.6 Å². The molecule has 1 amide bonds. The van der Waals surface area contributed by atoms with Crippen molar-refractivity contribution in [1.29, 1.82) is 0 Å². The normalized spacial score (nSPS) is 21.0. The molecule has 2 rings (SSSR count). The first kappa shape index (κ1) is 15.3. The number of likely N-dealkylation sites (N-methyl/N-ethyl adjacent to an activating group) is 1. The first-order chi connectivity index (χ1) is 10.1. The minimum atomic E-state index is -1.05. The number of nitrogens with one attached hydrogen (secondary N) is 2. The number of benzene rings is 1. The van der Waals surface area contributed by atoms with Gasteiger partial charge < -0.3 is 25.2 Å². The molecule has 0 spiro atoms. The van der Waals surface area contributed by atoms with Crippen LogP contribution in [0.25, 0.3) is 0 Å². The van der Waals surface area contributed by atoms with Crippen molar-refractivity contribution in [2.45, 2.75) is 6.04 Å².